The number of pyridine rings is 1. The first-order chi connectivity index (χ1) is 8.16. The van der Waals surface area contributed by atoms with Gasteiger partial charge in [-0.1, -0.05) is 6.07 Å². The molecule has 0 aliphatic rings. The van der Waals surface area contributed by atoms with E-state index in [1.54, 1.807) is 18.5 Å². The van der Waals surface area contributed by atoms with Crippen molar-refractivity contribution in [3.63, 3.8) is 0 Å². The van der Waals surface area contributed by atoms with Gasteiger partial charge in [-0.15, -0.1) is 0 Å². The summed E-state index contributed by atoms with van der Waals surface area (Å²) in [6.45, 7) is 0.711. The van der Waals surface area contributed by atoms with Gasteiger partial charge in [0, 0.05) is 26.0 Å². The lowest BCUT2D eigenvalue weighted by Crippen LogP contribution is -2.18. The average Bonchev–Trinajstić information content (AvgIpc) is 2.32. The van der Waals surface area contributed by atoms with Gasteiger partial charge in [0.2, 0.25) is 0 Å². The molecule has 5 nitrogen and oxygen atoms in total. The number of anilines is 2. The Morgan fingerprint density at radius 2 is 2.12 bits per heavy atom. The van der Waals surface area contributed by atoms with E-state index in [0.29, 0.717) is 12.4 Å². The zero-order valence-electron chi connectivity index (χ0n) is 9.34. The molecule has 2 N–H and O–H groups in total. The number of aromatic nitrogens is 3. The van der Waals surface area contributed by atoms with Crippen molar-refractivity contribution in [2.75, 3.05) is 17.7 Å². The largest absolute Gasteiger partial charge is 0.384 e. The first kappa shape index (κ1) is 11.8. The molecule has 0 amide bonds. The molecule has 0 aliphatic heterocycles. The summed E-state index contributed by atoms with van der Waals surface area (Å²) in [7, 11) is 1.96. The maximum absolute atomic E-state index is 5.54. The first-order valence-corrected chi connectivity index (χ1v) is 5.83. The molecule has 0 unspecified atom stereocenters. The summed E-state index contributed by atoms with van der Waals surface area (Å²) in [5.41, 5.74) is 6.62. The van der Waals surface area contributed by atoms with Crippen LogP contribution >= 0.6 is 15.9 Å². The zero-order valence-corrected chi connectivity index (χ0v) is 10.9. The van der Waals surface area contributed by atoms with Crippen LogP contribution in [0.5, 0.6) is 0 Å². The van der Waals surface area contributed by atoms with Crippen LogP contribution in [0.2, 0.25) is 0 Å². The van der Waals surface area contributed by atoms with Crippen LogP contribution in [0.3, 0.4) is 0 Å². The Labute approximate surface area is 108 Å². The molecule has 0 aromatic carbocycles. The molecule has 2 aromatic rings. The highest BCUT2D eigenvalue weighted by molar-refractivity contribution is 9.10. The minimum Gasteiger partial charge on any atom is -0.384 e. The number of nitrogens with zero attached hydrogens (tertiary/aromatic N) is 4. The smallest absolute Gasteiger partial charge is 0.146 e. The summed E-state index contributed by atoms with van der Waals surface area (Å²) in [6.07, 6.45) is 5.01. The Morgan fingerprint density at radius 3 is 2.76 bits per heavy atom. The van der Waals surface area contributed by atoms with E-state index < -0.39 is 0 Å². The van der Waals surface area contributed by atoms with Gasteiger partial charge < -0.3 is 10.6 Å². The van der Waals surface area contributed by atoms with Crippen molar-refractivity contribution >= 4 is 27.6 Å². The molecule has 17 heavy (non-hydrogen) atoms. The van der Waals surface area contributed by atoms with Crippen molar-refractivity contribution in [2.45, 2.75) is 6.54 Å². The summed E-state index contributed by atoms with van der Waals surface area (Å²) in [5, 5.41) is 0. The van der Waals surface area contributed by atoms with E-state index in [2.05, 4.69) is 30.9 Å². The van der Waals surface area contributed by atoms with E-state index in [1.165, 1.54) is 6.33 Å². The molecule has 2 aromatic heterocycles. The maximum Gasteiger partial charge on any atom is 0.146 e. The first-order valence-electron chi connectivity index (χ1n) is 5.04. The Morgan fingerprint density at radius 1 is 1.29 bits per heavy atom. The fraction of sp³-hybridized carbons (Fsp3) is 0.182. The highest BCUT2D eigenvalue weighted by atomic mass is 79.9. The molecule has 0 bridgehead atoms. The van der Waals surface area contributed by atoms with Crippen molar-refractivity contribution < 1.29 is 0 Å². The second-order valence-electron chi connectivity index (χ2n) is 3.64. The van der Waals surface area contributed by atoms with E-state index in [9.17, 15) is 0 Å². The van der Waals surface area contributed by atoms with Crippen LogP contribution < -0.4 is 10.6 Å². The Bertz CT molecular complexity index is 499. The van der Waals surface area contributed by atoms with E-state index in [1.807, 2.05) is 18.0 Å². The summed E-state index contributed by atoms with van der Waals surface area (Å²) >= 11 is 3.42. The molecule has 0 atom stereocenters. The highest BCUT2D eigenvalue weighted by Crippen LogP contribution is 2.22. The predicted molar refractivity (Wildman–Crippen MR) is 70.5 cm³/mol. The lowest BCUT2D eigenvalue weighted by molar-refractivity contribution is 0.881. The van der Waals surface area contributed by atoms with Crippen molar-refractivity contribution in [2.24, 2.45) is 0 Å². The predicted octanol–water partition coefficient (Wildman–Crippen LogP) is 1.85. The van der Waals surface area contributed by atoms with Crippen molar-refractivity contribution in [1.82, 2.24) is 15.0 Å². The Balaban J connectivity index is 2.14. The molecule has 0 saturated heterocycles. The summed E-state index contributed by atoms with van der Waals surface area (Å²) < 4.78 is 0.867. The summed E-state index contributed by atoms with van der Waals surface area (Å²) in [6, 6.07) is 3.74. The monoisotopic (exact) mass is 293 g/mol. The molecule has 0 spiro atoms. The third-order valence-electron chi connectivity index (χ3n) is 2.28. The molecule has 0 aliphatic carbocycles. The molecule has 2 heterocycles. The van der Waals surface area contributed by atoms with Gasteiger partial charge in [0.1, 0.15) is 18.0 Å². The Hall–Kier alpha value is -1.69. The van der Waals surface area contributed by atoms with Crippen molar-refractivity contribution in [3.05, 3.63) is 40.9 Å². The molecular formula is C11H12BrN5. The van der Waals surface area contributed by atoms with Crippen LogP contribution in [-0.2, 0) is 6.54 Å². The van der Waals surface area contributed by atoms with Gasteiger partial charge in [-0.25, -0.2) is 15.0 Å². The minimum absolute atomic E-state index is 0.527. The zero-order chi connectivity index (χ0) is 12.3. The van der Waals surface area contributed by atoms with Crippen molar-refractivity contribution in [3.8, 4) is 0 Å². The van der Waals surface area contributed by atoms with E-state index >= 15 is 0 Å². The quantitative estimate of drug-likeness (QED) is 0.935. The topological polar surface area (TPSA) is 67.9 Å². The number of halogens is 1. The average molecular weight is 294 g/mol. The van der Waals surface area contributed by atoms with Crippen LogP contribution in [0, 0.1) is 0 Å². The van der Waals surface area contributed by atoms with Gasteiger partial charge >= 0.3 is 0 Å². The number of hydrogen-bond donors (Lipinski definition) is 1. The fourth-order valence-electron chi connectivity index (χ4n) is 1.47. The molecule has 6 heteroatoms. The van der Waals surface area contributed by atoms with Crippen molar-refractivity contribution in [1.29, 1.82) is 0 Å². The summed E-state index contributed by atoms with van der Waals surface area (Å²) in [4.78, 5) is 14.2. The van der Waals surface area contributed by atoms with E-state index in [4.69, 9.17) is 5.73 Å². The highest BCUT2D eigenvalue weighted by Gasteiger charge is 2.07. The number of nitrogens with two attached hydrogens (primary N) is 1. The number of nitrogen functional groups attached to an aromatic ring is 1. The summed E-state index contributed by atoms with van der Waals surface area (Å²) in [5.74, 6) is 1.37. The standard InChI is InChI=1S/C11H12BrN5/c1-17(11-9(12)5-14-7-16-11)6-8-2-3-10(13)15-4-8/h2-5,7H,6H2,1H3,(H2,13,15). The Kier molecular flexibility index (Phi) is 3.53. The number of rotatable bonds is 3. The SMILES string of the molecule is CN(Cc1ccc(N)nc1)c1ncncc1Br. The molecule has 0 saturated carbocycles. The van der Waals surface area contributed by atoms with E-state index in [0.717, 1.165) is 15.9 Å². The molecular weight excluding hydrogens is 282 g/mol. The van der Waals surface area contributed by atoms with Gasteiger partial charge in [-0.05, 0) is 27.6 Å². The maximum atomic E-state index is 5.54. The van der Waals surface area contributed by atoms with Gasteiger partial charge in [-0.3, -0.25) is 0 Å². The molecule has 88 valence electrons. The van der Waals surface area contributed by atoms with Gasteiger partial charge in [0.25, 0.3) is 0 Å². The normalized spacial score (nSPS) is 10.2. The number of hydrogen-bond acceptors (Lipinski definition) is 5. The van der Waals surface area contributed by atoms with Crippen LogP contribution in [0.4, 0.5) is 11.6 Å². The van der Waals surface area contributed by atoms with E-state index in [-0.39, 0.29) is 0 Å². The molecule has 2 rings (SSSR count). The third kappa shape index (κ3) is 2.91. The van der Waals surface area contributed by atoms with Gasteiger partial charge in [-0.2, -0.15) is 0 Å². The lowest BCUT2D eigenvalue weighted by Gasteiger charge is -2.18. The van der Waals surface area contributed by atoms with Crippen LogP contribution in [0.1, 0.15) is 5.56 Å². The molecule has 0 radical (unpaired) electrons. The molecule has 0 fully saturated rings. The minimum atomic E-state index is 0.527. The van der Waals surface area contributed by atoms with Crippen LogP contribution in [0.15, 0.2) is 35.3 Å². The third-order valence-corrected chi connectivity index (χ3v) is 2.84. The second kappa shape index (κ2) is 5.09. The lowest BCUT2D eigenvalue weighted by atomic mass is 10.2. The fourth-order valence-corrected chi connectivity index (χ4v) is 1.99. The van der Waals surface area contributed by atoms with Crippen LogP contribution in [0.25, 0.3) is 0 Å². The van der Waals surface area contributed by atoms with Gasteiger partial charge in [0.05, 0.1) is 4.47 Å². The van der Waals surface area contributed by atoms with Gasteiger partial charge in [0.15, 0.2) is 0 Å². The second-order valence-corrected chi connectivity index (χ2v) is 4.50. The van der Waals surface area contributed by atoms with Crippen LogP contribution in [-0.4, -0.2) is 22.0 Å².